The van der Waals surface area contributed by atoms with E-state index in [9.17, 15) is 0 Å². The van der Waals surface area contributed by atoms with E-state index in [-0.39, 0.29) is 0 Å². The van der Waals surface area contributed by atoms with Gasteiger partial charge in [0.2, 0.25) is 0 Å². The lowest BCUT2D eigenvalue weighted by Crippen LogP contribution is -2.04. The van der Waals surface area contributed by atoms with Gasteiger partial charge >= 0.3 is 0 Å². The van der Waals surface area contributed by atoms with E-state index in [1.54, 1.807) is 10.9 Å². The Morgan fingerprint density at radius 3 is 2.90 bits per heavy atom. The Hall–Kier alpha value is -0.900. The Morgan fingerprint density at radius 2 is 2.50 bits per heavy atom. The van der Waals surface area contributed by atoms with Crippen molar-refractivity contribution in [2.75, 3.05) is 0 Å². The first-order chi connectivity index (χ1) is 4.79. The van der Waals surface area contributed by atoms with E-state index in [2.05, 4.69) is 10.3 Å². The molecular formula is C6H10N4. The highest BCUT2D eigenvalue weighted by Gasteiger charge is 2.37. The Bertz CT molecular complexity index is 242. The molecule has 10 heavy (non-hydrogen) atoms. The van der Waals surface area contributed by atoms with Crippen molar-refractivity contribution in [3.63, 3.8) is 0 Å². The molecule has 1 aromatic heterocycles. The third-order valence-electron chi connectivity index (χ3n) is 1.97. The molecule has 1 aliphatic carbocycles. The van der Waals surface area contributed by atoms with Crippen molar-refractivity contribution in [3.8, 4) is 0 Å². The van der Waals surface area contributed by atoms with Gasteiger partial charge in [0.05, 0.1) is 11.9 Å². The van der Waals surface area contributed by atoms with E-state index >= 15 is 0 Å². The maximum Gasteiger partial charge on any atom is 0.0728 e. The highest BCUT2D eigenvalue weighted by atomic mass is 15.4. The molecule has 0 radical (unpaired) electrons. The molecule has 0 amide bonds. The summed E-state index contributed by atoms with van der Waals surface area (Å²) in [5, 5.41) is 7.60. The second kappa shape index (κ2) is 1.79. The van der Waals surface area contributed by atoms with E-state index in [4.69, 9.17) is 5.73 Å². The van der Waals surface area contributed by atoms with Gasteiger partial charge in [-0.3, -0.25) is 4.68 Å². The zero-order valence-corrected chi connectivity index (χ0v) is 5.86. The summed E-state index contributed by atoms with van der Waals surface area (Å²) in [5.41, 5.74) is 6.82. The largest absolute Gasteiger partial charge is 0.327 e. The molecular weight excluding hydrogens is 128 g/mol. The molecule has 1 heterocycles. The van der Waals surface area contributed by atoms with Gasteiger partial charge in [-0.05, 0) is 6.42 Å². The molecule has 0 saturated heterocycles. The lowest BCUT2D eigenvalue weighted by Gasteiger charge is -1.94. The van der Waals surface area contributed by atoms with Crippen molar-refractivity contribution in [2.45, 2.75) is 18.4 Å². The second-order valence-electron chi connectivity index (χ2n) is 2.79. The summed E-state index contributed by atoms with van der Waals surface area (Å²) in [5.74, 6) is 0.514. The molecule has 0 aromatic carbocycles. The van der Waals surface area contributed by atoms with Crippen LogP contribution in [0.5, 0.6) is 0 Å². The van der Waals surface area contributed by atoms with Crippen LogP contribution in [-0.2, 0) is 7.05 Å². The summed E-state index contributed by atoms with van der Waals surface area (Å²) in [7, 11) is 1.90. The van der Waals surface area contributed by atoms with Crippen LogP contribution >= 0.6 is 0 Å². The van der Waals surface area contributed by atoms with Crippen molar-refractivity contribution in [2.24, 2.45) is 12.8 Å². The number of aryl methyl sites for hydroxylation is 1. The third kappa shape index (κ3) is 0.724. The Morgan fingerprint density at radius 1 is 1.80 bits per heavy atom. The zero-order chi connectivity index (χ0) is 7.14. The monoisotopic (exact) mass is 138 g/mol. The third-order valence-corrected chi connectivity index (χ3v) is 1.97. The number of nitrogens with zero attached hydrogens (tertiary/aromatic N) is 3. The Labute approximate surface area is 59.0 Å². The summed E-state index contributed by atoms with van der Waals surface area (Å²) in [6.07, 6.45) is 2.87. The molecule has 4 nitrogen and oxygen atoms in total. The van der Waals surface area contributed by atoms with Gasteiger partial charge in [-0.2, -0.15) is 0 Å². The van der Waals surface area contributed by atoms with Crippen LogP contribution in [-0.4, -0.2) is 21.0 Å². The van der Waals surface area contributed by atoms with Crippen LogP contribution < -0.4 is 5.73 Å². The van der Waals surface area contributed by atoms with Crippen LogP contribution in [0.25, 0.3) is 0 Å². The van der Waals surface area contributed by atoms with Crippen LogP contribution in [0, 0.1) is 0 Å². The van der Waals surface area contributed by atoms with Crippen molar-refractivity contribution in [3.05, 3.63) is 11.9 Å². The fourth-order valence-corrected chi connectivity index (χ4v) is 1.19. The molecule has 1 aliphatic rings. The zero-order valence-electron chi connectivity index (χ0n) is 5.86. The Balaban J connectivity index is 2.26. The van der Waals surface area contributed by atoms with Gasteiger partial charge in [0.25, 0.3) is 0 Å². The maximum atomic E-state index is 5.66. The quantitative estimate of drug-likeness (QED) is 0.576. The van der Waals surface area contributed by atoms with E-state index in [0.29, 0.717) is 12.0 Å². The van der Waals surface area contributed by atoms with E-state index < -0.39 is 0 Å². The summed E-state index contributed by atoms with van der Waals surface area (Å²) < 4.78 is 1.79. The lowest BCUT2D eigenvalue weighted by molar-refractivity contribution is 0.675. The molecule has 0 bridgehead atoms. The molecule has 0 spiro atoms. The average Bonchev–Trinajstić information content (AvgIpc) is 2.42. The molecule has 2 unspecified atom stereocenters. The summed E-state index contributed by atoms with van der Waals surface area (Å²) in [4.78, 5) is 0. The first-order valence-electron chi connectivity index (χ1n) is 3.39. The van der Waals surface area contributed by atoms with Crippen molar-refractivity contribution >= 4 is 0 Å². The first kappa shape index (κ1) is 5.85. The van der Waals surface area contributed by atoms with Crippen LogP contribution in [0.4, 0.5) is 0 Å². The molecule has 1 fully saturated rings. The van der Waals surface area contributed by atoms with Crippen molar-refractivity contribution in [1.29, 1.82) is 0 Å². The molecule has 4 heteroatoms. The minimum atomic E-state index is 0.345. The number of aromatic nitrogens is 3. The number of nitrogens with two attached hydrogens (primary N) is 1. The van der Waals surface area contributed by atoms with Gasteiger partial charge in [0, 0.05) is 19.0 Å². The normalized spacial score (nSPS) is 30.6. The molecule has 0 aliphatic heterocycles. The molecule has 1 aromatic rings. The fourth-order valence-electron chi connectivity index (χ4n) is 1.19. The fraction of sp³-hybridized carbons (Fsp3) is 0.667. The van der Waals surface area contributed by atoms with Gasteiger partial charge in [-0.1, -0.05) is 5.21 Å². The van der Waals surface area contributed by atoms with Crippen molar-refractivity contribution in [1.82, 2.24) is 15.0 Å². The predicted octanol–water partition coefficient (Wildman–Crippen LogP) is -0.370. The summed E-state index contributed by atoms with van der Waals surface area (Å²) >= 11 is 0. The first-order valence-corrected chi connectivity index (χ1v) is 3.39. The van der Waals surface area contributed by atoms with Crippen LogP contribution in [0.15, 0.2) is 6.20 Å². The van der Waals surface area contributed by atoms with Crippen LogP contribution in [0.2, 0.25) is 0 Å². The van der Waals surface area contributed by atoms with Crippen molar-refractivity contribution < 1.29 is 0 Å². The Kier molecular flexibility index (Phi) is 1.05. The van der Waals surface area contributed by atoms with E-state index in [0.717, 1.165) is 12.1 Å². The highest BCUT2D eigenvalue weighted by Crippen LogP contribution is 2.37. The minimum Gasteiger partial charge on any atom is -0.327 e. The minimum absolute atomic E-state index is 0.345. The smallest absolute Gasteiger partial charge is 0.0728 e. The van der Waals surface area contributed by atoms with E-state index in [1.807, 2.05) is 7.05 Å². The molecule has 54 valence electrons. The van der Waals surface area contributed by atoms with Gasteiger partial charge in [-0.25, -0.2) is 0 Å². The number of hydrogen-bond donors (Lipinski definition) is 1. The number of rotatable bonds is 1. The average molecular weight is 138 g/mol. The van der Waals surface area contributed by atoms with Crippen LogP contribution in [0.1, 0.15) is 18.0 Å². The standard InChI is InChI=1S/C6H10N4/c1-10-6(3-8-9-10)4-2-5(4)7/h3-5H,2,7H2,1H3. The molecule has 2 rings (SSSR count). The van der Waals surface area contributed by atoms with Gasteiger partial charge in [0.1, 0.15) is 0 Å². The SMILES string of the molecule is Cn1nncc1C1CC1N. The van der Waals surface area contributed by atoms with Gasteiger partial charge < -0.3 is 5.73 Å². The second-order valence-corrected chi connectivity index (χ2v) is 2.79. The topological polar surface area (TPSA) is 56.7 Å². The molecule has 2 atom stereocenters. The summed E-state index contributed by atoms with van der Waals surface area (Å²) in [6, 6.07) is 0.345. The van der Waals surface area contributed by atoms with E-state index in [1.165, 1.54) is 0 Å². The lowest BCUT2D eigenvalue weighted by atomic mass is 10.3. The number of hydrogen-bond acceptors (Lipinski definition) is 3. The van der Waals surface area contributed by atoms with Gasteiger partial charge in [0.15, 0.2) is 0 Å². The summed E-state index contributed by atoms with van der Waals surface area (Å²) in [6.45, 7) is 0. The maximum absolute atomic E-state index is 5.66. The molecule has 2 N–H and O–H groups in total. The van der Waals surface area contributed by atoms with Crippen LogP contribution in [0.3, 0.4) is 0 Å². The highest BCUT2D eigenvalue weighted by molar-refractivity contribution is 5.16. The van der Waals surface area contributed by atoms with Gasteiger partial charge in [-0.15, -0.1) is 5.10 Å². The molecule has 1 saturated carbocycles. The predicted molar refractivity (Wildman–Crippen MR) is 36.3 cm³/mol.